The normalized spacial score (nSPS) is 15.2. The van der Waals surface area contributed by atoms with Gasteiger partial charge in [-0.3, -0.25) is 0 Å². The fourth-order valence-corrected chi connectivity index (χ4v) is 2.32. The van der Waals surface area contributed by atoms with Gasteiger partial charge < -0.3 is 10.2 Å². The van der Waals surface area contributed by atoms with Crippen LogP contribution in [0.3, 0.4) is 0 Å². The van der Waals surface area contributed by atoms with Gasteiger partial charge in [-0.25, -0.2) is 0 Å². The summed E-state index contributed by atoms with van der Waals surface area (Å²) in [6.45, 7) is 18.7. The Morgan fingerprint density at radius 1 is 1.00 bits per heavy atom. The predicted octanol–water partition coefficient (Wildman–Crippen LogP) is 4.30. The maximum absolute atomic E-state index is 3.63. The lowest BCUT2D eigenvalue weighted by Gasteiger charge is -2.36. The number of unbranched alkanes of at least 4 members (excludes halogenated alkanes) is 2. The van der Waals surface area contributed by atoms with Crippen molar-refractivity contribution in [2.45, 2.75) is 79.7 Å². The first kappa shape index (κ1) is 18.9. The molecule has 0 saturated heterocycles. The van der Waals surface area contributed by atoms with E-state index in [0.29, 0.717) is 11.5 Å². The summed E-state index contributed by atoms with van der Waals surface area (Å²) in [5.74, 6) is 0. The standard InChI is InChI=1S/C17H38N2/c1-7-10-12-19(13-11-8-2)15-17(6,9-3)14-18-16(4)5/h16,18H,7-15H2,1-6H3. The molecule has 0 aromatic heterocycles. The van der Waals surface area contributed by atoms with Gasteiger partial charge in [0.15, 0.2) is 0 Å². The molecule has 0 saturated carbocycles. The van der Waals surface area contributed by atoms with E-state index in [4.69, 9.17) is 0 Å². The molecule has 1 N–H and O–H groups in total. The summed E-state index contributed by atoms with van der Waals surface area (Å²) in [5, 5.41) is 3.63. The molecule has 0 aromatic carbocycles. The molecule has 0 aromatic rings. The van der Waals surface area contributed by atoms with Crippen molar-refractivity contribution in [2.24, 2.45) is 5.41 Å². The van der Waals surface area contributed by atoms with Crippen molar-refractivity contribution in [2.75, 3.05) is 26.2 Å². The Balaban J connectivity index is 4.37. The topological polar surface area (TPSA) is 15.3 Å². The van der Waals surface area contributed by atoms with Crippen LogP contribution in [0.15, 0.2) is 0 Å². The number of rotatable bonds is 12. The van der Waals surface area contributed by atoms with Gasteiger partial charge in [0, 0.05) is 19.1 Å². The SMILES string of the molecule is CCCCN(CCCC)CC(C)(CC)CNC(C)C. The van der Waals surface area contributed by atoms with E-state index < -0.39 is 0 Å². The van der Waals surface area contributed by atoms with E-state index >= 15 is 0 Å². The van der Waals surface area contributed by atoms with Gasteiger partial charge >= 0.3 is 0 Å². The summed E-state index contributed by atoms with van der Waals surface area (Å²) >= 11 is 0. The number of hydrogen-bond donors (Lipinski definition) is 1. The monoisotopic (exact) mass is 270 g/mol. The van der Waals surface area contributed by atoms with Crippen molar-refractivity contribution in [3.63, 3.8) is 0 Å². The maximum Gasteiger partial charge on any atom is 0.00474 e. The third kappa shape index (κ3) is 9.45. The highest BCUT2D eigenvalue weighted by Crippen LogP contribution is 2.22. The molecule has 0 aliphatic carbocycles. The highest BCUT2D eigenvalue weighted by atomic mass is 15.1. The van der Waals surface area contributed by atoms with E-state index in [2.05, 4.69) is 51.8 Å². The average molecular weight is 271 g/mol. The summed E-state index contributed by atoms with van der Waals surface area (Å²) in [7, 11) is 0. The molecule has 0 radical (unpaired) electrons. The molecule has 1 unspecified atom stereocenters. The summed E-state index contributed by atoms with van der Waals surface area (Å²) in [6, 6.07) is 0.589. The lowest BCUT2D eigenvalue weighted by molar-refractivity contribution is 0.149. The first-order valence-corrected chi connectivity index (χ1v) is 8.43. The Bertz CT molecular complexity index is 195. The highest BCUT2D eigenvalue weighted by Gasteiger charge is 2.25. The first-order chi connectivity index (χ1) is 8.97. The van der Waals surface area contributed by atoms with Crippen LogP contribution in [-0.4, -0.2) is 37.1 Å². The smallest absolute Gasteiger partial charge is 0.00474 e. The van der Waals surface area contributed by atoms with Crippen molar-refractivity contribution in [1.29, 1.82) is 0 Å². The van der Waals surface area contributed by atoms with Crippen LogP contribution in [0.1, 0.15) is 73.6 Å². The van der Waals surface area contributed by atoms with Crippen LogP contribution in [-0.2, 0) is 0 Å². The Hall–Kier alpha value is -0.0800. The molecule has 0 aliphatic heterocycles. The summed E-state index contributed by atoms with van der Waals surface area (Å²) in [6.07, 6.45) is 6.52. The van der Waals surface area contributed by atoms with E-state index in [-0.39, 0.29) is 0 Å². The molecule has 2 nitrogen and oxygen atoms in total. The predicted molar refractivity (Wildman–Crippen MR) is 87.8 cm³/mol. The van der Waals surface area contributed by atoms with Crippen LogP contribution in [0, 0.1) is 5.41 Å². The van der Waals surface area contributed by atoms with Gasteiger partial charge in [0.05, 0.1) is 0 Å². The summed E-state index contributed by atoms with van der Waals surface area (Å²) in [5.41, 5.74) is 0.408. The molecule has 0 amide bonds. The van der Waals surface area contributed by atoms with Crippen LogP contribution in [0.5, 0.6) is 0 Å². The third-order valence-electron chi connectivity index (χ3n) is 4.05. The van der Waals surface area contributed by atoms with Gasteiger partial charge in [0.25, 0.3) is 0 Å². The van der Waals surface area contributed by atoms with Gasteiger partial charge in [-0.05, 0) is 37.8 Å². The second kappa shape index (κ2) is 10.7. The van der Waals surface area contributed by atoms with Crippen molar-refractivity contribution in [3.05, 3.63) is 0 Å². The van der Waals surface area contributed by atoms with E-state index in [1.54, 1.807) is 0 Å². The van der Waals surface area contributed by atoms with Crippen LogP contribution >= 0.6 is 0 Å². The van der Waals surface area contributed by atoms with E-state index in [9.17, 15) is 0 Å². The van der Waals surface area contributed by atoms with Crippen LogP contribution in [0.4, 0.5) is 0 Å². The molecule has 0 aliphatic rings. The lowest BCUT2D eigenvalue weighted by Crippen LogP contribution is -2.44. The van der Waals surface area contributed by atoms with E-state index in [1.165, 1.54) is 51.7 Å². The molecule has 0 heterocycles. The fourth-order valence-electron chi connectivity index (χ4n) is 2.32. The zero-order valence-corrected chi connectivity index (χ0v) is 14.4. The average Bonchev–Trinajstić information content (AvgIpc) is 2.39. The van der Waals surface area contributed by atoms with Crippen molar-refractivity contribution < 1.29 is 0 Å². The van der Waals surface area contributed by atoms with Gasteiger partial charge in [-0.15, -0.1) is 0 Å². The Labute approximate surface area is 122 Å². The third-order valence-corrected chi connectivity index (χ3v) is 4.05. The van der Waals surface area contributed by atoms with Crippen molar-refractivity contribution >= 4 is 0 Å². The number of nitrogens with one attached hydrogen (secondary N) is 1. The zero-order valence-electron chi connectivity index (χ0n) is 14.4. The molecular weight excluding hydrogens is 232 g/mol. The summed E-state index contributed by atoms with van der Waals surface area (Å²) in [4.78, 5) is 2.69. The molecule has 116 valence electrons. The Kier molecular flexibility index (Phi) is 10.6. The lowest BCUT2D eigenvalue weighted by atomic mass is 9.86. The largest absolute Gasteiger partial charge is 0.314 e. The van der Waals surface area contributed by atoms with Crippen LogP contribution in [0.25, 0.3) is 0 Å². The first-order valence-electron chi connectivity index (χ1n) is 8.43. The Morgan fingerprint density at radius 2 is 1.53 bits per heavy atom. The number of hydrogen-bond acceptors (Lipinski definition) is 2. The zero-order chi connectivity index (χ0) is 14.7. The quantitative estimate of drug-likeness (QED) is 0.569. The molecule has 1 atom stereocenters. The van der Waals surface area contributed by atoms with E-state index in [0.717, 1.165) is 6.54 Å². The minimum Gasteiger partial charge on any atom is -0.314 e. The minimum atomic E-state index is 0.408. The van der Waals surface area contributed by atoms with E-state index in [1.807, 2.05) is 0 Å². The molecule has 0 bridgehead atoms. The maximum atomic E-state index is 3.63. The molecular formula is C17H38N2. The van der Waals surface area contributed by atoms with Gasteiger partial charge in [-0.2, -0.15) is 0 Å². The van der Waals surface area contributed by atoms with Gasteiger partial charge in [-0.1, -0.05) is 54.4 Å². The highest BCUT2D eigenvalue weighted by molar-refractivity contribution is 4.80. The Morgan fingerprint density at radius 3 is 1.89 bits per heavy atom. The fraction of sp³-hybridized carbons (Fsp3) is 1.00. The van der Waals surface area contributed by atoms with Gasteiger partial charge in [0.2, 0.25) is 0 Å². The number of nitrogens with zero attached hydrogens (tertiary/aromatic N) is 1. The molecule has 0 spiro atoms. The summed E-state index contributed by atoms with van der Waals surface area (Å²) < 4.78 is 0. The second-order valence-electron chi connectivity index (χ2n) is 6.68. The second-order valence-corrected chi connectivity index (χ2v) is 6.68. The van der Waals surface area contributed by atoms with Crippen LogP contribution < -0.4 is 5.32 Å². The molecule has 0 fully saturated rings. The van der Waals surface area contributed by atoms with Gasteiger partial charge in [0.1, 0.15) is 0 Å². The minimum absolute atomic E-state index is 0.408. The molecule has 19 heavy (non-hydrogen) atoms. The van der Waals surface area contributed by atoms with Crippen molar-refractivity contribution in [3.8, 4) is 0 Å². The molecule has 2 heteroatoms. The molecule has 0 rings (SSSR count). The van der Waals surface area contributed by atoms with Crippen LogP contribution in [0.2, 0.25) is 0 Å². The van der Waals surface area contributed by atoms with Crippen molar-refractivity contribution in [1.82, 2.24) is 10.2 Å².